The second-order valence-electron chi connectivity index (χ2n) is 8.62. The summed E-state index contributed by atoms with van der Waals surface area (Å²) in [5, 5.41) is 4.61. The van der Waals surface area contributed by atoms with E-state index in [4.69, 9.17) is 4.42 Å². The molecular weight excluding hydrogens is 436 g/mol. The highest BCUT2D eigenvalue weighted by Crippen LogP contribution is 2.33. The monoisotopic (exact) mass is 460 g/mol. The molecule has 5 rings (SSSR count). The maximum absolute atomic E-state index is 13.4. The van der Waals surface area contributed by atoms with E-state index in [1.54, 1.807) is 28.9 Å². The number of carbonyl (C=O) groups is 4. The highest BCUT2D eigenvalue weighted by atomic mass is 16.3. The minimum Gasteiger partial charge on any atom is -0.459 e. The lowest BCUT2D eigenvalue weighted by molar-refractivity contribution is -0.139. The largest absolute Gasteiger partial charge is 0.459 e. The van der Waals surface area contributed by atoms with Crippen molar-refractivity contribution in [2.75, 3.05) is 32.7 Å². The van der Waals surface area contributed by atoms with Crippen LogP contribution in [0.3, 0.4) is 0 Å². The first-order chi connectivity index (χ1) is 16.4. The molecule has 0 radical (unpaired) electrons. The summed E-state index contributed by atoms with van der Waals surface area (Å²) in [6.45, 7) is 2.64. The minimum absolute atomic E-state index is 0.225. The van der Waals surface area contributed by atoms with Gasteiger partial charge in [0.15, 0.2) is 5.76 Å². The molecule has 2 saturated heterocycles. The van der Waals surface area contributed by atoms with Crippen molar-refractivity contribution < 1.29 is 23.6 Å². The SMILES string of the molecule is C[C@@]1(c2cccc3ccccc23)NC(=O)N(CC(=O)N2CCN(C(=O)c3ccco3)CC2)C1=O. The normalized spacial score (nSPS) is 20.7. The Morgan fingerprint density at radius 3 is 2.38 bits per heavy atom. The van der Waals surface area contributed by atoms with Crippen molar-refractivity contribution in [3.8, 4) is 0 Å². The molecule has 0 spiro atoms. The van der Waals surface area contributed by atoms with Gasteiger partial charge in [-0.2, -0.15) is 0 Å². The number of furan rings is 1. The predicted octanol–water partition coefficient (Wildman–Crippen LogP) is 2.18. The number of nitrogens with zero attached hydrogens (tertiary/aromatic N) is 3. The number of nitrogens with one attached hydrogen (secondary N) is 1. The van der Waals surface area contributed by atoms with Crippen LogP contribution in [-0.2, 0) is 15.1 Å². The van der Waals surface area contributed by atoms with Gasteiger partial charge in [0.2, 0.25) is 5.91 Å². The fraction of sp³-hybridized carbons (Fsp3) is 0.280. The molecule has 2 aromatic carbocycles. The van der Waals surface area contributed by atoms with Crippen LogP contribution < -0.4 is 5.32 Å². The van der Waals surface area contributed by atoms with Crippen LogP contribution in [0.2, 0.25) is 0 Å². The standard InChI is InChI=1S/C25H24N4O5/c1-25(19-9-4-7-17-6-2-3-8-18(17)19)23(32)29(24(33)26-25)16-21(30)27-11-13-28(14-12-27)22(31)20-10-5-15-34-20/h2-10,15H,11-14,16H2,1H3,(H,26,33)/t25-/m0/s1. The third-order valence-corrected chi connectivity index (χ3v) is 6.55. The van der Waals surface area contributed by atoms with Crippen LogP contribution >= 0.6 is 0 Å². The van der Waals surface area contributed by atoms with Crippen molar-refractivity contribution in [2.45, 2.75) is 12.5 Å². The van der Waals surface area contributed by atoms with E-state index < -0.39 is 17.5 Å². The lowest BCUT2D eigenvalue weighted by atomic mass is 9.88. The van der Waals surface area contributed by atoms with E-state index in [-0.39, 0.29) is 24.1 Å². The number of amides is 5. The average Bonchev–Trinajstić information content (AvgIpc) is 3.47. The number of rotatable bonds is 4. The fourth-order valence-corrected chi connectivity index (χ4v) is 4.63. The van der Waals surface area contributed by atoms with Crippen molar-refractivity contribution in [3.05, 3.63) is 72.2 Å². The summed E-state index contributed by atoms with van der Waals surface area (Å²) in [6, 6.07) is 15.9. The summed E-state index contributed by atoms with van der Waals surface area (Å²) in [6.07, 6.45) is 1.44. The molecule has 0 aliphatic carbocycles. The van der Waals surface area contributed by atoms with E-state index in [0.717, 1.165) is 15.7 Å². The maximum atomic E-state index is 13.4. The molecule has 2 aliphatic rings. The van der Waals surface area contributed by atoms with Crippen molar-refractivity contribution >= 4 is 34.5 Å². The molecule has 3 aromatic rings. The van der Waals surface area contributed by atoms with Crippen molar-refractivity contribution in [1.82, 2.24) is 20.0 Å². The molecule has 1 atom stereocenters. The first kappa shape index (κ1) is 21.7. The van der Waals surface area contributed by atoms with Gasteiger partial charge in [-0.3, -0.25) is 19.3 Å². The first-order valence-electron chi connectivity index (χ1n) is 11.1. The highest BCUT2D eigenvalue weighted by molar-refractivity contribution is 6.10. The summed E-state index contributed by atoms with van der Waals surface area (Å²) < 4.78 is 5.16. The van der Waals surface area contributed by atoms with Crippen LogP contribution in [0.1, 0.15) is 23.0 Å². The second kappa shape index (κ2) is 8.33. The molecular formula is C25H24N4O5. The summed E-state index contributed by atoms with van der Waals surface area (Å²) in [7, 11) is 0. The van der Waals surface area contributed by atoms with E-state index >= 15 is 0 Å². The lowest BCUT2D eigenvalue weighted by Gasteiger charge is -2.34. The smallest absolute Gasteiger partial charge is 0.325 e. The van der Waals surface area contributed by atoms with Gasteiger partial charge in [-0.15, -0.1) is 0 Å². The van der Waals surface area contributed by atoms with Crippen LogP contribution in [0.15, 0.2) is 65.3 Å². The number of hydrogen-bond acceptors (Lipinski definition) is 5. The van der Waals surface area contributed by atoms with Crippen molar-refractivity contribution in [1.29, 1.82) is 0 Å². The Morgan fingerprint density at radius 2 is 1.65 bits per heavy atom. The molecule has 9 heteroatoms. The number of urea groups is 1. The molecule has 9 nitrogen and oxygen atoms in total. The Kier molecular flexibility index (Phi) is 5.31. The number of carbonyl (C=O) groups excluding carboxylic acids is 4. The van der Waals surface area contributed by atoms with Crippen LogP contribution in [0.5, 0.6) is 0 Å². The van der Waals surface area contributed by atoms with Gasteiger partial charge in [-0.1, -0.05) is 42.5 Å². The zero-order chi connectivity index (χ0) is 23.9. The van der Waals surface area contributed by atoms with E-state index in [0.29, 0.717) is 31.7 Å². The zero-order valence-corrected chi connectivity index (χ0v) is 18.7. The number of imide groups is 1. The van der Waals surface area contributed by atoms with Crippen LogP contribution in [-0.4, -0.2) is 71.2 Å². The molecule has 2 aliphatic heterocycles. The zero-order valence-electron chi connectivity index (χ0n) is 18.7. The number of piperazine rings is 1. The Bertz CT molecular complexity index is 1270. The van der Waals surface area contributed by atoms with Crippen LogP contribution in [0.4, 0.5) is 4.79 Å². The maximum Gasteiger partial charge on any atom is 0.325 e. The van der Waals surface area contributed by atoms with Crippen molar-refractivity contribution in [3.63, 3.8) is 0 Å². The molecule has 34 heavy (non-hydrogen) atoms. The third kappa shape index (κ3) is 3.59. The van der Waals surface area contributed by atoms with Gasteiger partial charge in [0.05, 0.1) is 6.26 Å². The van der Waals surface area contributed by atoms with Gasteiger partial charge in [-0.05, 0) is 35.4 Å². The van der Waals surface area contributed by atoms with Gasteiger partial charge < -0.3 is 19.5 Å². The van der Waals surface area contributed by atoms with Gasteiger partial charge in [0.25, 0.3) is 11.8 Å². The van der Waals surface area contributed by atoms with Gasteiger partial charge in [0, 0.05) is 26.2 Å². The number of fused-ring (bicyclic) bond motifs is 1. The Hall–Kier alpha value is -4.14. The topological polar surface area (TPSA) is 103 Å². The molecule has 2 fully saturated rings. The quantitative estimate of drug-likeness (QED) is 0.601. The summed E-state index contributed by atoms with van der Waals surface area (Å²) >= 11 is 0. The number of benzene rings is 2. The number of hydrogen-bond donors (Lipinski definition) is 1. The van der Waals surface area contributed by atoms with Gasteiger partial charge in [0.1, 0.15) is 12.1 Å². The van der Waals surface area contributed by atoms with E-state index in [2.05, 4.69) is 5.32 Å². The lowest BCUT2D eigenvalue weighted by Crippen LogP contribution is -2.53. The second-order valence-corrected chi connectivity index (χ2v) is 8.62. The molecule has 3 heterocycles. The predicted molar refractivity (Wildman–Crippen MR) is 123 cm³/mol. The fourth-order valence-electron chi connectivity index (χ4n) is 4.63. The summed E-state index contributed by atoms with van der Waals surface area (Å²) in [5.74, 6) is -0.770. The highest BCUT2D eigenvalue weighted by Gasteiger charge is 2.50. The van der Waals surface area contributed by atoms with Gasteiger partial charge in [-0.25, -0.2) is 4.79 Å². The minimum atomic E-state index is -1.27. The average molecular weight is 460 g/mol. The van der Waals surface area contributed by atoms with Crippen LogP contribution in [0.25, 0.3) is 10.8 Å². The molecule has 0 unspecified atom stereocenters. The molecule has 0 bridgehead atoms. The molecule has 0 saturated carbocycles. The summed E-state index contributed by atoms with van der Waals surface area (Å²) in [4.78, 5) is 55.7. The van der Waals surface area contributed by atoms with E-state index in [9.17, 15) is 19.2 Å². The Labute approximate surface area is 195 Å². The molecule has 5 amide bonds. The molecule has 1 N–H and O–H groups in total. The third-order valence-electron chi connectivity index (χ3n) is 6.55. The summed E-state index contributed by atoms with van der Waals surface area (Å²) in [5.41, 5.74) is -0.587. The molecule has 174 valence electrons. The van der Waals surface area contributed by atoms with Gasteiger partial charge >= 0.3 is 6.03 Å². The Morgan fingerprint density at radius 1 is 0.941 bits per heavy atom. The van der Waals surface area contributed by atoms with E-state index in [1.165, 1.54) is 6.26 Å². The van der Waals surface area contributed by atoms with Crippen LogP contribution in [0, 0.1) is 0 Å². The van der Waals surface area contributed by atoms with E-state index in [1.807, 2.05) is 42.5 Å². The first-order valence-corrected chi connectivity index (χ1v) is 11.1. The van der Waals surface area contributed by atoms with Crippen molar-refractivity contribution in [2.24, 2.45) is 0 Å². The Balaban J connectivity index is 1.27. The molecule has 1 aromatic heterocycles.